The van der Waals surface area contributed by atoms with Crippen molar-refractivity contribution in [2.45, 2.75) is 90.0 Å². The number of anilines is 1. The highest BCUT2D eigenvalue weighted by Crippen LogP contribution is 2.41. The number of thiophene rings is 1. The van der Waals surface area contributed by atoms with Crippen LogP contribution in [-0.2, 0) is 6.42 Å². The Morgan fingerprint density at radius 2 is 1.94 bits per heavy atom. The summed E-state index contributed by atoms with van der Waals surface area (Å²) in [7, 11) is 0. The Balaban J connectivity index is 0.00000176. The van der Waals surface area contributed by atoms with Gasteiger partial charge in [-0.25, -0.2) is 4.39 Å². The van der Waals surface area contributed by atoms with Crippen LogP contribution in [0, 0.1) is 0 Å². The molecular formula is C22H34F4N4OS. The lowest BCUT2D eigenvalue weighted by molar-refractivity contribution is -0.127. The van der Waals surface area contributed by atoms with Gasteiger partial charge in [-0.3, -0.25) is 0 Å². The summed E-state index contributed by atoms with van der Waals surface area (Å²) in [5.74, 6) is 0. The monoisotopic (exact) mass is 478 g/mol. The molecule has 2 aromatic rings. The van der Waals surface area contributed by atoms with E-state index in [-0.39, 0.29) is 22.5 Å². The molecule has 0 bridgehead atoms. The van der Waals surface area contributed by atoms with Crippen LogP contribution < -0.4 is 21.8 Å². The van der Waals surface area contributed by atoms with E-state index in [2.05, 4.69) is 10.6 Å². The topological polar surface area (TPSA) is 82.3 Å². The molecule has 182 valence electrons. The van der Waals surface area contributed by atoms with Crippen molar-refractivity contribution in [1.82, 2.24) is 10.8 Å². The van der Waals surface area contributed by atoms with Crippen LogP contribution in [0.1, 0.15) is 63.6 Å². The summed E-state index contributed by atoms with van der Waals surface area (Å²) in [5, 5.41) is 16.2. The number of piperidine rings is 1. The molecule has 0 spiro atoms. The fraction of sp³-hybridized carbons (Fsp3) is 0.636. The summed E-state index contributed by atoms with van der Waals surface area (Å²) >= 11 is 1.08. The molecule has 1 aliphatic heterocycles. The summed E-state index contributed by atoms with van der Waals surface area (Å²) in [6.07, 6.45) is -5.76. The second-order valence-corrected chi connectivity index (χ2v) is 8.80. The first-order valence-electron chi connectivity index (χ1n) is 11.1. The molecule has 1 fully saturated rings. The van der Waals surface area contributed by atoms with Crippen molar-refractivity contribution in [3.8, 4) is 0 Å². The average Bonchev–Trinajstić information content (AvgIpc) is 3.13. The zero-order valence-corrected chi connectivity index (χ0v) is 19.7. The number of hydrogen-bond donors (Lipinski definition) is 5. The van der Waals surface area contributed by atoms with E-state index in [1.54, 1.807) is 18.2 Å². The van der Waals surface area contributed by atoms with Crippen LogP contribution in [0.15, 0.2) is 18.2 Å². The van der Waals surface area contributed by atoms with Gasteiger partial charge in [0.1, 0.15) is 12.3 Å². The molecule has 32 heavy (non-hydrogen) atoms. The largest absolute Gasteiger partial charge is 0.393 e. The normalized spacial score (nSPS) is 24.7. The van der Waals surface area contributed by atoms with Gasteiger partial charge < -0.3 is 21.6 Å². The van der Waals surface area contributed by atoms with Gasteiger partial charge in [0.25, 0.3) is 0 Å². The lowest BCUT2D eigenvalue weighted by Gasteiger charge is -2.39. The van der Waals surface area contributed by atoms with E-state index in [0.29, 0.717) is 28.6 Å². The molecule has 1 aromatic carbocycles. The number of rotatable bonds is 7. The Kier molecular flexibility index (Phi) is 9.71. The van der Waals surface area contributed by atoms with Gasteiger partial charge in [-0.05, 0) is 36.3 Å². The molecular weight excluding hydrogens is 444 g/mol. The zero-order valence-electron chi connectivity index (χ0n) is 18.9. The van der Waals surface area contributed by atoms with Crippen molar-refractivity contribution >= 4 is 27.1 Å². The maximum absolute atomic E-state index is 15.1. The molecule has 1 saturated heterocycles. The van der Waals surface area contributed by atoms with Crippen LogP contribution in [0.2, 0.25) is 0 Å². The number of nitrogens with two attached hydrogens (primary N) is 1. The van der Waals surface area contributed by atoms with Crippen molar-refractivity contribution in [3.63, 3.8) is 0 Å². The van der Waals surface area contributed by atoms with Crippen molar-refractivity contribution in [1.29, 1.82) is 0 Å². The smallest absolute Gasteiger partial charge is 0.378 e. The third-order valence-electron chi connectivity index (χ3n) is 5.68. The highest BCUT2D eigenvalue weighted by atomic mass is 32.1. The van der Waals surface area contributed by atoms with Crippen LogP contribution in [-0.4, -0.2) is 35.7 Å². The van der Waals surface area contributed by atoms with Gasteiger partial charge in [-0.15, -0.1) is 11.3 Å². The van der Waals surface area contributed by atoms with Crippen molar-refractivity contribution in [2.24, 2.45) is 5.73 Å². The lowest BCUT2D eigenvalue weighted by Crippen LogP contribution is -2.57. The molecule has 10 heteroatoms. The predicted octanol–water partition coefficient (Wildman–Crippen LogP) is 5.64. The predicted molar refractivity (Wildman–Crippen MR) is 123 cm³/mol. The third kappa shape index (κ3) is 6.11. The van der Waals surface area contributed by atoms with Crippen LogP contribution in [0.25, 0.3) is 10.1 Å². The van der Waals surface area contributed by atoms with Crippen LogP contribution in [0.5, 0.6) is 0 Å². The fourth-order valence-corrected chi connectivity index (χ4v) is 5.38. The summed E-state index contributed by atoms with van der Waals surface area (Å²) in [6.45, 7) is 7.97. The second kappa shape index (κ2) is 11.6. The Hall–Kier alpha value is -1.46. The number of hydrogen-bond acceptors (Lipinski definition) is 6. The molecule has 0 radical (unpaired) electrons. The molecule has 5 atom stereocenters. The third-order valence-corrected chi connectivity index (χ3v) is 7.04. The van der Waals surface area contributed by atoms with Gasteiger partial charge >= 0.3 is 6.18 Å². The Morgan fingerprint density at radius 1 is 1.25 bits per heavy atom. The standard InChI is InChI=1S/C20H28F4N4OS.C2H6/c1-3-10-8-15(16(21)13(4-2)26-10)27-14-7-5-6-11-12(9-20(22,23)24)18(19(25)28-29)30-17(11)14;1-2/h5-7,10,13,15-16,19,26-29H,3-4,8-9,25H2,1-2H3;1-2H3. The lowest BCUT2D eigenvalue weighted by atomic mass is 9.89. The highest BCUT2D eigenvalue weighted by molar-refractivity contribution is 7.20. The number of nitrogens with one attached hydrogen (secondary N) is 3. The molecule has 6 N–H and O–H groups in total. The van der Waals surface area contributed by atoms with E-state index in [4.69, 9.17) is 5.73 Å². The highest BCUT2D eigenvalue weighted by Gasteiger charge is 2.37. The minimum atomic E-state index is -4.43. The van der Waals surface area contributed by atoms with Gasteiger partial charge in [0.15, 0.2) is 0 Å². The van der Waals surface area contributed by atoms with Gasteiger partial charge in [0.2, 0.25) is 0 Å². The summed E-state index contributed by atoms with van der Waals surface area (Å²) in [5.41, 5.74) is 8.24. The Bertz CT molecular complexity index is 860. The SMILES string of the molecule is CC.CCC1CC(Nc2cccc3c(CC(F)(F)F)c(C(N)NO)sc23)C(F)C(CC)N1. The first kappa shape index (κ1) is 26.8. The maximum atomic E-state index is 15.1. The molecule has 0 saturated carbocycles. The van der Waals surface area contributed by atoms with Gasteiger partial charge in [-0.1, -0.05) is 39.8 Å². The molecule has 0 aliphatic carbocycles. The fourth-order valence-electron chi connectivity index (χ4n) is 4.14. The molecule has 2 heterocycles. The quantitative estimate of drug-likeness (QED) is 0.202. The van der Waals surface area contributed by atoms with Crippen molar-refractivity contribution in [2.75, 3.05) is 5.32 Å². The first-order chi connectivity index (χ1) is 15.2. The first-order valence-corrected chi connectivity index (χ1v) is 11.9. The van der Waals surface area contributed by atoms with E-state index < -0.39 is 31.0 Å². The van der Waals surface area contributed by atoms with Crippen LogP contribution >= 0.6 is 11.3 Å². The minimum Gasteiger partial charge on any atom is -0.378 e. The summed E-state index contributed by atoms with van der Waals surface area (Å²) < 4.78 is 55.2. The number of alkyl halides is 4. The molecule has 0 amide bonds. The van der Waals surface area contributed by atoms with E-state index in [9.17, 15) is 18.4 Å². The van der Waals surface area contributed by atoms with E-state index in [1.807, 2.05) is 33.2 Å². The van der Waals surface area contributed by atoms with E-state index in [0.717, 1.165) is 17.8 Å². The molecule has 3 rings (SSSR count). The molecule has 1 aromatic heterocycles. The Morgan fingerprint density at radius 3 is 2.50 bits per heavy atom. The number of benzene rings is 1. The second-order valence-electron chi connectivity index (χ2n) is 7.74. The molecule has 1 aliphatic rings. The average molecular weight is 479 g/mol. The summed E-state index contributed by atoms with van der Waals surface area (Å²) in [4.78, 5) is 0.207. The van der Waals surface area contributed by atoms with Gasteiger partial charge in [0.05, 0.1) is 22.8 Å². The zero-order chi connectivity index (χ0) is 24.1. The maximum Gasteiger partial charge on any atom is 0.393 e. The van der Waals surface area contributed by atoms with Crippen molar-refractivity contribution < 1.29 is 22.8 Å². The Labute approximate surface area is 190 Å². The van der Waals surface area contributed by atoms with Crippen LogP contribution in [0.3, 0.4) is 0 Å². The van der Waals surface area contributed by atoms with Gasteiger partial charge in [-0.2, -0.15) is 18.7 Å². The van der Waals surface area contributed by atoms with Gasteiger partial charge in [0, 0.05) is 17.0 Å². The number of hydroxylamine groups is 1. The van der Waals surface area contributed by atoms with E-state index >= 15 is 4.39 Å². The minimum absolute atomic E-state index is 0.0279. The van der Waals surface area contributed by atoms with Crippen molar-refractivity contribution in [3.05, 3.63) is 28.6 Å². The summed E-state index contributed by atoms with van der Waals surface area (Å²) in [6, 6.07) is 4.45. The van der Waals surface area contributed by atoms with Crippen LogP contribution in [0.4, 0.5) is 23.2 Å². The molecule has 5 unspecified atom stereocenters. The number of halogens is 4. The van der Waals surface area contributed by atoms with E-state index in [1.165, 1.54) is 0 Å². The molecule has 5 nitrogen and oxygen atoms in total. The number of fused-ring (bicyclic) bond motifs is 1.